The third kappa shape index (κ3) is 4.10. The van der Waals surface area contributed by atoms with Gasteiger partial charge in [0.25, 0.3) is 0 Å². The van der Waals surface area contributed by atoms with Crippen LogP contribution in [0.3, 0.4) is 0 Å². The number of rotatable bonds is 4. The normalized spacial score (nSPS) is 11.9. The predicted octanol–water partition coefficient (Wildman–Crippen LogP) is 3.51. The van der Waals surface area contributed by atoms with Gasteiger partial charge in [0.1, 0.15) is 0 Å². The molecule has 4 heteroatoms. The van der Waals surface area contributed by atoms with Crippen LogP contribution >= 0.6 is 11.8 Å². The largest absolute Gasteiger partial charge is 0.325 e. The van der Waals surface area contributed by atoms with Crippen LogP contribution in [0.5, 0.6) is 0 Å². The van der Waals surface area contributed by atoms with Crippen molar-refractivity contribution in [2.75, 3.05) is 5.32 Å². The second-order valence-corrected chi connectivity index (χ2v) is 5.71. The number of aryl methyl sites for hydroxylation is 1. The van der Waals surface area contributed by atoms with Crippen molar-refractivity contribution in [1.82, 2.24) is 4.98 Å². The molecule has 0 aliphatic rings. The zero-order valence-corrected chi connectivity index (χ0v) is 11.8. The molecule has 1 heterocycles. The molecule has 0 bridgehead atoms. The summed E-state index contributed by atoms with van der Waals surface area (Å²) in [5, 5.41) is 2.73. The SMILES string of the molecule is Cc1ccc(SC(C)C(=O)Nc2ccncc2)cc1. The molecule has 1 atom stereocenters. The highest BCUT2D eigenvalue weighted by Crippen LogP contribution is 2.24. The quantitative estimate of drug-likeness (QED) is 0.866. The van der Waals surface area contributed by atoms with E-state index in [1.54, 1.807) is 36.3 Å². The Morgan fingerprint density at radius 3 is 2.42 bits per heavy atom. The highest BCUT2D eigenvalue weighted by molar-refractivity contribution is 8.00. The number of carbonyl (C=O) groups is 1. The minimum Gasteiger partial charge on any atom is -0.325 e. The van der Waals surface area contributed by atoms with Crippen molar-refractivity contribution >= 4 is 23.4 Å². The Bertz CT molecular complexity index is 540. The average molecular weight is 272 g/mol. The minimum absolute atomic E-state index is 0.00299. The Morgan fingerprint density at radius 2 is 1.79 bits per heavy atom. The predicted molar refractivity (Wildman–Crippen MR) is 79.4 cm³/mol. The summed E-state index contributed by atoms with van der Waals surface area (Å²) in [6, 6.07) is 11.7. The number of thioether (sulfide) groups is 1. The van der Waals surface area contributed by atoms with Gasteiger partial charge in [-0.2, -0.15) is 0 Å². The van der Waals surface area contributed by atoms with Crippen LogP contribution < -0.4 is 5.32 Å². The van der Waals surface area contributed by atoms with E-state index in [9.17, 15) is 4.79 Å². The molecule has 1 aromatic carbocycles. The first-order valence-electron chi connectivity index (χ1n) is 6.09. The molecule has 0 aliphatic heterocycles. The summed E-state index contributed by atoms with van der Waals surface area (Å²) in [6.07, 6.45) is 3.32. The lowest BCUT2D eigenvalue weighted by Gasteiger charge is -2.12. The van der Waals surface area contributed by atoms with Crippen molar-refractivity contribution in [2.45, 2.75) is 24.0 Å². The van der Waals surface area contributed by atoms with Crippen LogP contribution in [0.15, 0.2) is 53.7 Å². The first-order chi connectivity index (χ1) is 9.15. The molecule has 1 aromatic heterocycles. The third-order valence-electron chi connectivity index (χ3n) is 2.65. The smallest absolute Gasteiger partial charge is 0.237 e. The topological polar surface area (TPSA) is 42.0 Å². The first-order valence-corrected chi connectivity index (χ1v) is 6.97. The summed E-state index contributed by atoms with van der Waals surface area (Å²) in [5.41, 5.74) is 1.99. The van der Waals surface area contributed by atoms with Crippen molar-refractivity contribution in [3.05, 3.63) is 54.4 Å². The number of anilines is 1. The lowest BCUT2D eigenvalue weighted by Crippen LogP contribution is -2.22. The highest BCUT2D eigenvalue weighted by atomic mass is 32.2. The van der Waals surface area contributed by atoms with Gasteiger partial charge < -0.3 is 5.32 Å². The van der Waals surface area contributed by atoms with Gasteiger partial charge in [-0.3, -0.25) is 9.78 Å². The van der Waals surface area contributed by atoms with Crippen LogP contribution in [-0.2, 0) is 4.79 Å². The second kappa shape index (κ2) is 6.38. The molecule has 2 rings (SSSR count). The number of carbonyl (C=O) groups excluding carboxylic acids is 1. The monoisotopic (exact) mass is 272 g/mol. The lowest BCUT2D eigenvalue weighted by molar-refractivity contribution is -0.115. The van der Waals surface area contributed by atoms with Crippen molar-refractivity contribution in [3.8, 4) is 0 Å². The van der Waals surface area contributed by atoms with Gasteiger partial charge in [0.15, 0.2) is 0 Å². The van der Waals surface area contributed by atoms with Gasteiger partial charge in [-0.1, -0.05) is 17.7 Å². The van der Waals surface area contributed by atoms with Gasteiger partial charge in [0, 0.05) is 23.0 Å². The van der Waals surface area contributed by atoms with E-state index in [2.05, 4.69) is 22.4 Å². The molecule has 1 N–H and O–H groups in total. The van der Waals surface area contributed by atoms with Crippen LogP contribution in [0.2, 0.25) is 0 Å². The van der Waals surface area contributed by atoms with Gasteiger partial charge in [0.05, 0.1) is 5.25 Å². The Labute approximate surface area is 117 Å². The van der Waals surface area contributed by atoms with E-state index in [-0.39, 0.29) is 11.2 Å². The van der Waals surface area contributed by atoms with E-state index in [0.717, 1.165) is 10.6 Å². The maximum Gasteiger partial charge on any atom is 0.237 e. The molecular formula is C15H16N2OS. The first kappa shape index (κ1) is 13.6. The van der Waals surface area contributed by atoms with Crippen molar-refractivity contribution in [1.29, 1.82) is 0 Å². The summed E-state index contributed by atoms with van der Waals surface area (Å²) < 4.78 is 0. The zero-order valence-electron chi connectivity index (χ0n) is 11.0. The van der Waals surface area contributed by atoms with Crippen molar-refractivity contribution in [2.24, 2.45) is 0 Å². The number of nitrogens with one attached hydrogen (secondary N) is 1. The molecule has 2 aromatic rings. The molecule has 19 heavy (non-hydrogen) atoms. The van der Waals surface area contributed by atoms with Crippen LogP contribution in [0.4, 0.5) is 5.69 Å². The molecular weight excluding hydrogens is 256 g/mol. The molecule has 98 valence electrons. The van der Waals surface area contributed by atoms with Crippen molar-refractivity contribution < 1.29 is 4.79 Å². The Morgan fingerprint density at radius 1 is 1.16 bits per heavy atom. The van der Waals surface area contributed by atoms with Crippen LogP contribution in [0.25, 0.3) is 0 Å². The Kier molecular flexibility index (Phi) is 4.58. The van der Waals surface area contributed by atoms with Gasteiger partial charge in [0.2, 0.25) is 5.91 Å². The molecule has 3 nitrogen and oxygen atoms in total. The van der Waals surface area contributed by atoms with E-state index in [1.807, 2.05) is 26.0 Å². The fourth-order valence-corrected chi connectivity index (χ4v) is 2.42. The highest BCUT2D eigenvalue weighted by Gasteiger charge is 2.14. The standard InChI is InChI=1S/C15H16N2OS/c1-11-3-5-14(6-4-11)19-12(2)15(18)17-13-7-9-16-10-8-13/h3-10,12H,1-2H3,(H,16,17,18). The van der Waals surface area contributed by atoms with E-state index in [4.69, 9.17) is 0 Å². The third-order valence-corrected chi connectivity index (χ3v) is 3.76. The van der Waals surface area contributed by atoms with Gasteiger partial charge in [-0.05, 0) is 38.1 Å². The van der Waals surface area contributed by atoms with Crippen LogP contribution in [0, 0.1) is 6.92 Å². The van der Waals surface area contributed by atoms with Gasteiger partial charge in [-0.15, -0.1) is 11.8 Å². The van der Waals surface area contributed by atoms with E-state index in [1.165, 1.54) is 5.56 Å². The molecule has 0 radical (unpaired) electrons. The number of hydrogen-bond donors (Lipinski definition) is 1. The summed E-state index contributed by atoms with van der Waals surface area (Å²) in [6.45, 7) is 3.95. The zero-order chi connectivity index (χ0) is 13.7. The summed E-state index contributed by atoms with van der Waals surface area (Å²) in [4.78, 5) is 17.0. The lowest BCUT2D eigenvalue weighted by atomic mass is 10.2. The number of benzene rings is 1. The Hall–Kier alpha value is -1.81. The second-order valence-electron chi connectivity index (χ2n) is 4.30. The van der Waals surface area contributed by atoms with E-state index < -0.39 is 0 Å². The molecule has 0 saturated carbocycles. The maximum atomic E-state index is 12.0. The summed E-state index contributed by atoms with van der Waals surface area (Å²) >= 11 is 1.55. The molecule has 0 spiro atoms. The minimum atomic E-state index is -0.143. The van der Waals surface area contributed by atoms with E-state index in [0.29, 0.717) is 0 Å². The summed E-state index contributed by atoms with van der Waals surface area (Å²) in [7, 11) is 0. The average Bonchev–Trinajstić information content (AvgIpc) is 2.42. The summed E-state index contributed by atoms with van der Waals surface area (Å²) in [5.74, 6) is -0.00299. The fraction of sp³-hybridized carbons (Fsp3) is 0.200. The maximum absolute atomic E-state index is 12.0. The number of aromatic nitrogens is 1. The molecule has 0 aliphatic carbocycles. The van der Waals surface area contributed by atoms with E-state index >= 15 is 0 Å². The number of nitrogens with zero attached hydrogens (tertiary/aromatic N) is 1. The molecule has 0 fully saturated rings. The van der Waals surface area contributed by atoms with Crippen LogP contribution in [0.1, 0.15) is 12.5 Å². The molecule has 1 unspecified atom stereocenters. The number of hydrogen-bond acceptors (Lipinski definition) is 3. The Balaban J connectivity index is 1.94. The molecule has 0 saturated heterocycles. The molecule has 1 amide bonds. The van der Waals surface area contributed by atoms with Gasteiger partial charge in [-0.25, -0.2) is 0 Å². The number of pyridine rings is 1. The van der Waals surface area contributed by atoms with Crippen LogP contribution in [-0.4, -0.2) is 16.1 Å². The fourth-order valence-electron chi connectivity index (χ4n) is 1.55. The van der Waals surface area contributed by atoms with Gasteiger partial charge >= 0.3 is 0 Å². The number of amides is 1. The van der Waals surface area contributed by atoms with Crippen molar-refractivity contribution in [3.63, 3.8) is 0 Å².